The minimum atomic E-state index is -0.169. The summed E-state index contributed by atoms with van der Waals surface area (Å²) in [5.41, 5.74) is 2.81. The van der Waals surface area contributed by atoms with E-state index >= 15 is 0 Å². The van der Waals surface area contributed by atoms with Crippen LogP contribution in [0, 0.1) is 6.92 Å². The minimum Gasteiger partial charge on any atom is -0.385 e. The van der Waals surface area contributed by atoms with Crippen molar-refractivity contribution in [3.63, 3.8) is 0 Å². The first kappa shape index (κ1) is 22.0. The molecule has 2 heterocycles. The summed E-state index contributed by atoms with van der Waals surface area (Å²) in [6.45, 7) is 5.37. The van der Waals surface area contributed by atoms with Gasteiger partial charge in [0.1, 0.15) is 5.82 Å². The smallest absolute Gasteiger partial charge is 0.224 e. The summed E-state index contributed by atoms with van der Waals surface area (Å²) >= 11 is 0. The number of amides is 2. The Balaban J connectivity index is 1.56. The number of ether oxygens (including phenoxy) is 1. The second kappa shape index (κ2) is 10.9. The lowest BCUT2D eigenvalue weighted by Crippen LogP contribution is -2.30. The molecule has 1 aliphatic heterocycles. The molecule has 0 bridgehead atoms. The molecule has 0 aliphatic carbocycles. The fourth-order valence-corrected chi connectivity index (χ4v) is 3.72. The summed E-state index contributed by atoms with van der Waals surface area (Å²) in [5, 5.41) is 6.72. The second-order valence-corrected chi connectivity index (χ2v) is 7.82. The molecule has 2 amide bonds. The Kier molecular flexibility index (Phi) is 8.02. The predicted octanol–water partition coefficient (Wildman–Crippen LogP) is 3.40. The van der Waals surface area contributed by atoms with Crippen molar-refractivity contribution in [3.8, 4) is 0 Å². The van der Waals surface area contributed by atoms with E-state index in [1.807, 2.05) is 18.2 Å². The number of nitrogens with one attached hydrogen (secondary N) is 2. The Bertz CT molecular complexity index is 878. The van der Waals surface area contributed by atoms with E-state index in [1.165, 1.54) is 19.3 Å². The van der Waals surface area contributed by atoms with Gasteiger partial charge in [-0.2, -0.15) is 0 Å². The van der Waals surface area contributed by atoms with Gasteiger partial charge in [0.2, 0.25) is 11.8 Å². The molecule has 1 fully saturated rings. The van der Waals surface area contributed by atoms with E-state index in [9.17, 15) is 9.59 Å². The summed E-state index contributed by atoms with van der Waals surface area (Å²) in [6, 6.07) is 7.92. The molecule has 1 saturated heterocycles. The molecule has 0 atom stereocenters. The summed E-state index contributed by atoms with van der Waals surface area (Å²) < 4.78 is 4.94. The lowest BCUT2D eigenvalue weighted by atomic mass is 10.1. The molecule has 30 heavy (non-hydrogen) atoms. The number of piperidine rings is 1. The van der Waals surface area contributed by atoms with Crippen LogP contribution in [0.25, 0.3) is 10.9 Å². The van der Waals surface area contributed by atoms with Crippen molar-refractivity contribution in [3.05, 3.63) is 29.8 Å². The van der Waals surface area contributed by atoms with E-state index in [2.05, 4.69) is 28.5 Å². The number of nitrogens with zero attached hydrogens (tertiary/aromatic N) is 2. The zero-order valence-electron chi connectivity index (χ0n) is 18.0. The van der Waals surface area contributed by atoms with E-state index in [0.29, 0.717) is 13.2 Å². The molecule has 2 aromatic rings. The van der Waals surface area contributed by atoms with E-state index in [1.54, 1.807) is 7.11 Å². The summed E-state index contributed by atoms with van der Waals surface area (Å²) in [7, 11) is 1.63. The Labute approximate surface area is 178 Å². The fraction of sp³-hybridized carbons (Fsp3) is 0.522. The summed E-state index contributed by atoms with van der Waals surface area (Å²) in [5.74, 6) is 0.745. The van der Waals surface area contributed by atoms with Crippen LogP contribution in [0.5, 0.6) is 0 Å². The van der Waals surface area contributed by atoms with Crippen molar-refractivity contribution >= 4 is 34.2 Å². The first-order valence-electron chi connectivity index (χ1n) is 10.8. The van der Waals surface area contributed by atoms with Crippen molar-refractivity contribution in [2.45, 2.75) is 45.4 Å². The minimum absolute atomic E-state index is 0.120. The Morgan fingerprint density at radius 1 is 1.10 bits per heavy atom. The standard InChI is InChI=1S/C23H32N4O3/c1-17-15-21(27-12-4-3-5-13-27)26-20-8-7-18(16-19(17)20)25-23(29)10-9-22(28)24-11-6-14-30-2/h7-8,15-16H,3-6,9-14H2,1-2H3,(H,24,28)(H,25,29). The maximum absolute atomic E-state index is 12.2. The molecule has 2 N–H and O–H groups in total. The highest BCUT2D eigenvalue weighted by Crippen LogP contribution is 2.27. The SMILES string of the molecule is COCCCNC(=O)CCC(=O)Nc1ccc2nc(N3CCCCC3)cc(C)c2c1. The number of pyridine rings is 1. The number of hydrogen-bond donors (Lipinski definition) is 2. The highest BCUT2D eigenvalue weighted by atomic mass is 16.5. The fourth-order valence-electron chi connectivity index (χ4n) is 3.72. The molecule has 1 aromatic heterocycles. The first-order chi connectivity index (χ1) is 14.6. The number of carbonyl (C=O) groups is 2. The molecule has 7 nitrogen and oxygen atoms in total. The average Bonchev–Trinajstić information content (AvgIpc) is 2.76. The lowest BCUT2D eigenvalue weighted by molar-refractivity contribution is -0.124. The van der Waals surface area contributed by atoms with Gasteiger partial charge < -0.3 is 20.3 Å². The summed E-state index contributed by atoms with van der Waals surface area (Å²) in [6.07, 6.45) is 4.81. The van der Waals surface area contributed by atoms with Crippen LogP contribution in [0.3, 0.4) is 0 Å². The van der Waals surface area contributed by atoms with Gasteiger partial charge in [-0.1, -0.05) is 0 Å². The van der Waals surface area contributed by atoms with Crippen LogP contribution < -0.4 is 15.5 Å². The molecule has 3 rings (SSSR count). The average molecular weight is 413 g/mol. The number of aromatic nitrogens is 1. The van der Waals surface area contributed by atoms with Gasteiger partial charge in [0, 0.05) is 57.3 Å². The van der Waals surface area contributed by atoms with Crippen LogP contribution in [0.4, 0.5) is 11.5 Å². The Morgan fingerprint density at radius 2 is 1.87 bits per heavy atom. The monoisotopic (exact) mass is 412 g/mol. The van der Waals surface area contributed by atoms with Crippen molar-refractivity contribution in [2.75, 3.05) is 43.6 Å². The maximum Gasteiger partial charge on any atom is 0.224 e. The number of fused-ring (bicyclic) bond motifs is 1. The third kappa shape index (κ3) is 6.16. The van der Waals surface area contributed by atoms with Gasteiger partial charge in [0.25, 0.3) is 0 Å². The van der Waals surface area contributed by atoms with E-state index in [0.717, 1.165) is 47.5 Å². The number of anilines is 2. The van der Waals surface area contributed by atoms with Crippen LogP contribution in [0.15, 0.2) is 24.3 Å². The van der Waals surface area contributed by atoms with Gasteiger partial charge in [-0.3, -0.25) is 9.59 Å². The number of rotatable bonds is 9. The van der Waals surface area contributed by atoms with Crippen LogP contribution in [0.2, 0.25) is 0 Å². The number of hydrogen-bond acceptors (Lipinski definition) is 5. The number of benzene rings is 1. The molecule has 7 heteroatoms. The van der Waals surface area contributed by atoms with Gasteiger partial charge in [-0.05, 0) is 62.4 Å². The van der Waals surface area contributed by atoms with Gasteiger partial charge in [0.05, 0.1) is 5.52 Å². The maximum atomic E-state index is 12.2. The highest BCUT2D eigenvalue weighted by Gasteiger charge is 2.14. The number of methoxy groups -OCH3 is 1. The molecule has 0 unspecified atom stereocenters. The highest BCUT2D eigenvalue weighted by molar-refractivity contribution is 5.96. The normalized spacial score (nSPS) is 14.0. The first-order valence-corrected chi connectivity index (χ1v) is 10.8. The van der Waals surface area contributed by atoms with Crippen LogP contribution in [-0.4, -0.2) is 50.1 Å². The van der Waals surface area contributed by atoms with Crippen molar-refractivity contribution in [2.24, 2.45) is 0 Å². The molecule has 0 spiro atoms. The van der Waals surface area contributed by atoms with Crippen molar-refractivity contribution in [1.29, 1.82) is 0 Å². The van der Waals surface area contributed by atoms with Gasteiger partial charge >= 0.3 is 0 Å². The molecular weight excluding hydrogens is 380 g/mol. The van der Waals surface area contributed by atoms with Crippen LogP contribution in [-0.2, 0) is 14.3 Å². The Morgan fingerprint density at radius 3 is 2.63 bits per heavy atom. The van der Waals surface area contributed by atoms with Gasteiger partial charge in [-0.25, -0.2) is 4.98 Å². The van der Waals surface area contributed by atoms with E-state index in [-0.39, 0.29) is 24.7 Å². The predicted molar refractivity (Wildman–Crippen MR) is 120 cm³/mol. The number of aryl methyl sites for hydroxylation is 1. The van der Waals surface area contributed by atoms with Crippen LogP contribution in [0.1, 0.15) is 44.1 Å². The third-order valence-electron chi connectivity index (χ3n) is 5.39. The number of carbonyl (C=O) groups excluding carboxylic acids is 2. The molecule has 0 radical (unpaired) electrons. The molecule has 0 saturated carbocycles. The molecule has 162 valence electrons. The van der Waals surface area contributed by atoms with E-state index in [4.69, 9.17) is 9.72 Å². The Hall–Kier alpha value is -2.67. The van der Waals surface area contributed by atoms with Gasteiger partial charge in [-0.15, -0.1) is 0 Å². The van der Waals surface area contributed by atoms with Gasteiger partial charge in [0.15, 0.2) is 0 Å². The quantitative estimate of drug-likeness (QED) is 0.617. The van der Waals surface area contributed by atoms with E-state index < -0.39 is 0 Å². The van der Waals surface area contributed by atoms with Crippen molar-refractivity contribution in [1.82, 2.24) is 10.3 Å². The summed E-state index contributed by atoms with van der Waals surface area (Å²) in [4.78, 5) is 31.2. The topological polar surface area (TPSA) is 83.6 Å². The zero-order valence-corrected chi connectivity index (χ0v) is 18.0. The molecule has 1 aliphatic rings. The zero-order chi connectivity index (χ0) is 21.3. The molecular formula is C23H32N4O3. The third-order valence-corrected chi connectivity index (χ3v) is 5.39. The largest absolute Gasteiger partial charge is 0.385 e. The lowest BCUT2D eigenvalue weighted by Gasteiger charge is -2.28. The van der Waals surface area contributed by atoms with Crippen LogP contribution >= 0.6 is 0 Å². The second-order valence-electron chi connectivity index (χ2n) is 7.82. The van der Waals surface area contributed by atoms with Crippen molar-refractivity contribution < 1.29 is 14.3 Å². The molecule has 1 aromatic carbocycles.